The molecule has 1 aliphatic rings. The van der Waals surface area contributed by atoms with Gasteiger partial charge in [-0.05, 0) is 41.9 Å². The number of ether oxygens (including phenoxy) is 1. The fourth-order valence-corrected chi connectivity index (χ4v) is 3.23. The van der Waals surface area contributed by atoms with Crippen LogP contribution >= 0.6 is 0 Å². The van der Waals surface area contributed by atoms with Crippen LogP contribution in [-0.4, -0.2) is 7.11 Å². The molecule has 3 heteroatoms. The summed E-state index contributed by atoms with van der Waals surface area (Å²) in [5.41, 5.74) is 4.62. The van der Waals surface area contributed by atoms with Gasteiger partial charge in [0.25, 0.3) is 0 Å². The van der Waals surface area contributed by atoms with E-state index < -0.39 is 0 Å². The largest absolute Gasteiger partial charge is 0.497 e. The van der Waals surface area contributed by atoms with Crippen molar-refractivity contribution in [1.82, 2.24) is 5.43 Å². The Labute approximate surface area is 110 Å². The van der Waals surface area contributed by atoms with Crippen LogP contribution in [0.5, 0.6) is 5.75 Å². The summed E-state index contributed by atoms with van der Waals surface area (Å²) in [5.74, 6) is 7.28. The SMILES string of the molecule is COc1ccc(C(NN)C2CCCC2(C)C)cc1. The molecule has 3 nitrogen and oxygen atoms in total. The fourth-order valence-electron chi connectivity index (χ4n) is 3.23. The molecule has 1 aromatic rings. The zero-order valence-electron chi connectivity index (χ0n) is 11.6. The number of methoxy groups -OCH3 is 1. The summed E-state index contributed by atoms with van der Waals surface area (Å²) >= 11 is 0. The number of hydrogen-bond acceptors (Lipinski definition) is 3. The Kier molecular flexibility index (Phi) is 3.93. The molecule has 1 aromatic carbocycles. The van der Waals surface area contributed by atoms with Gasteiger partial charge in [-0.15, -0.1) is 0 Å². The lowest BCUT2D eigenvalue weighted by atomic mass is 9.75. The number of nitrogens with two attached hydrogens (primary N) is 1. The van der Waals surface area contributed by atoms with Crippen LogP contribution in [0.1, 0.15) is 44.7 Å². The second kappa shape index (κ2) is 5.29. The molecule has 18 heavy (non-hydrogen) atoms. The lowest BCUT2D eigenvalue weighted by Crippen LogP contribution is -2.37. The van der Waals surface area contributed by atoms with Crippen LogP contribution < -0.4 is 16.0 Å². The first-order valence-electron chi connectivity index (χ1n) is 6.68. The van der Waals surface area contributed by atoms with E-state index in [1.165, 1.54) is 24.8 Å². The fraction of sp³-hybridized carbons (Fsp3) is 0.600. The zero-order chi connectivity index (χ0) is 13.2. The highest BCUT2D eigenvalue weighted by Crippen LogP contribution is 2.48. The molecule has 0 aliphatic heterocycles. The van der Waals surface area contributed by atoms with Crippen LogP contribution in [0.15, 0.2) is 24.3 Å². The van der Waals surface area contributed by atoms with Crippen molar-refractivity contribution in [1.29, 1.82) is 0 Å². The Balaban J connectivity index is 2.22. The van der Waals surface area contributed by atoms with Gasteiger partial charge >= 0.3 is 0 Å². The summed E-state index contributed by atoms with van der Waals surface area (Å²) < 4.78 is 5.20. The van der Waals surface area contributed by atoms with Crippen molar-refractivity contribution in [2.75, 3.05) is 7.11 Å². The molecule has 0 saturated heterocycles. The number of rotatable bonds is 4. The predicted octanol–water partition coefficient (Wildman–Crippen LogP) is 3.03. The van der Waals surface area contributed by atoms with Crippen LogP contribution in [0.25, 0.3) is 0 Å². The van der Waals surface area contributed by atoms with Gasteiger partial charge in [0.05, 0.1) is 7.11 Å². The maximum atomic E-state index is 5.80. The normalized spacial score (nSPS) is 23.9. The topological polar surface area (TPSA) is 47.3 Å². The van der Waals surface area contributed by atoms with Crippen molar-refractivity contribution >= 4 is 0 Å². The van der Waals surface area contributed by atoms with E-state index in [0.29, 0.717) is 11.3 Å². The van der Waals surface area contributed by atoms with Crippen molar-refractivity contribution in [2.24, 2.45) is 17.2 Å². The highest BCUT2D eigenvalue weighted by molar-refractivity contribution is 5.29. The van der Waals surface area contributed by atoms with E-state index >= 15 is 0 Å². The smallest absolute Gasteiger partial charge is 0.118 e. The van der Waals surface area contributed by atoms with E-state index in [1.54, 1.807) is 7.11 Å². The minimum atomic E-state index is 0.230. The van der Waals surface area contributed by atoms with Gasteiger partial charge < -0.3 is 4.74 Å². The summed E-state index contributed by atoms with van der Waals surface area (Å²) in [6.45, 7) is 4.69. The van der Waals surface area contributed by atoms with Crippen molar-refractivity contribution in [3.63, 3.8) is 0 Å². The molecule has 1 aliphatic carbocycles. The summed E-state index contributed by atoms with van der Waals surface area (Å²) in [4.78, 5) is 0. The number of hydrogen-bond donors (Lipinski definition) is 2. The van der Waals surface area contributed by atoms with Gasteiger partial charge in [-0.2, -0.15) is 0 Å². The molecule has 100 valence electrons. The maximum absolute atomic E-state index is 5.80. The Morgan fingerprint density at radius 2 is 2.00 bits per heavy atom. The van der Waals surface area contributed by atoms with E-state index in [4.69, 9.17) is 10.6 Å². The van der Waals surface area contributed by atoms with Gasteiger partial charge in [0, 0.05) is 6.04 Å². The Morgan fingerprint density at radius 1 is 1.33 bits per heavy atom. The zero-order valence-corrected chi connectivity index (χ0v) is 11.6. The van der Waals surface area contributed by atoms with E-state index in [2.05, 4.69) is 31.4 Å². The molecule has 3 N–H and O–H groups in total. The van der Waals surface area contributed by atoms with E-state index in [9.17, 15) is 0 Å². The molecule has 1 fully saturated rings. The van der Waals surface area contributed by atoms with Crippen LogP contribution in [-0.2, 0) is 0 Å². The van der Waals surface area contributed by atoms with E-state index in [0.717, 1.165) is 5.75 Å². The molecule has 0 heterocycles. The molecule has 0 radical (unpaired) electrons. The molecular formula is C15H24N2O. The minimum absolute atomic E-state index is 0.230. The summed E-state index contributed by atoms with van der Waals surface area (Å²) in [5, 5.41) is 0. The van der Waals surface area contributed by atoms with Crippen LogP contribution in [0.3, 0.4) is 0 Å². The molecule has 1 saturated carbocycles. The van der Waals surface area contributed by atoms with E-state index in [1.807, 2.05) is 12.1 Å². The third kappa shape index (κ3) is 2.52. The van der Waals surface area contributed by atoms with Crippen molar-refractivity contribution in [2.45, 2.75) is 39.2 Å². The summed E-state index contributed by atoms with van der Waals surface area (Å²) in [6, 6.07) is 8.45. The van der Waals surface area contributed by atoms with E-state index in [-0.39, 0.29) is 6.04 Å². The highest BCUT2D eigenvalue weighted by atomic mass is 16.5. The van der Waals surface area contributed by atoms with Crippen molar-refractivity contribution in [3.05, 3.63) is 29.8 Å². The third-order valence-electron chi connectivity index (χ3n) is 4.40. The Morgan fingerprint density at radius 3 is 2.44 bits per heavy atom. The Hall–Kier alpha value is -1.06. The lowest BCUT2D eigenvalue weighted by molar-refractivity contribution is 0.198. The standard InChI is InChI=1S/C15H24N2O/c1-15(2)10-4-5-13(15)14(17-16)11-6-8-12(18-3)9-7-11/h6-9,13-14,17H,4-5,10,16H2,1-3H3. The third-order valence-corrected chi connectivity index (χ3v) is 4.40. The van der Waals surface area contributed by atoms with Gasteiger partial charge in [0.15, 0.2) is 0 Å². The van der Waals surface area contributed by atoms with Crippen molar-refractivity contribution < 1.29 is 4.74 Å². The molecule has 2 unspecified atom stereocenters. The minimum Gasteiger partial charge on any atom is -0.497 e. The number of hydrazine groups is 1. The molecule has 2 atom stereocenters. The first-order valence-corrected chi connectivity index (χ1v) is 6.68. The lowest BCUT2D eigenvalue weighted by Gasteiger charge is -2.34. The number of nitrogens with one attached hydrogen (secondary N) is 1. The maximum Gasteiger partial charge on any atom is 0.118 e. The molecule has 0 spiro atoms. The Bertz CT molecular complexity index is 386. The first-order chi connectivity index (χ1) is 8.58. The first kappa shape index (κ1) is 13.4. The molecule has 0 bridgehead atoms. The van der Waals surface area contributed by atoms with Crippen molar-refractivity contribution in [3.8, 4) is 5.75 Å². The average molecular weight is 248 g/mol. The average Bonchev–Trinajstić information content (AvgIpc) is 2.71. The van der Waals surface area contributed by atoms with Crippen LogP contribution in [0.2, 0.25) is 0 Å². The summed E-state index contributed by atoms with van der Waals surface area (Å²) in [7, 11) is 1.69. The second-order valence-electron chi connectivity index (χ2n) is 5.90. The quantitative estimate of drug-likeness (QED) is 0.636. The second-order valence-corrected chi connectivity index (χ2v) is 5.90. The summed E-state index contributed by atoms with van der Waals surface area (Å²) in [6.07, 6.45) is 3.83. The van der Waals surface area contributed by atoms with Crippen LogP contribution in [0, 0.1) is 11.3 Å². The predicted molar refractivity (Wildman–Crippen MR) is 74.2 cm³/mol. The molecular weight excluding hydrogens is 224 g/mol. The van der Waals surface area contributed by atoms with Gasteiger partial charge in [0.2, 0.25) is 0 Å². The van der Waals surface area contributed by atoms with Crippen LogP contribution in [0.4, 0.5) is 0 Å². The van der Waals surface area contributed by atoms with Gasteiger partial charge in [-0.3, -0.25) is 11.3 Å². The molecule has 2 rings (SSSR count). The van der Waals surface area contributed by atoms with Gasteiger partial charge in [0.1, 0.15) is 5.75 Å². The molecule has 0 aromatic heterocycles. The monoisotopic (exact) mass is 248 g/mol. The number of benzene rings is 1. The highest BCUT2D eigenvalue weighted by Gasteiger charge is 2.39. The van der Waals surface area contributed by atoms with Gasteiger partial charge in [-0.1, -0.05) is 32.4 Å². The van der Waals surface area contributed by atoms with Gasteiger partial charge in [-0.25, -0.2) is 0 Å². The molecule has 0 amide bonds.